The Bertz CT molecular complexity index is 1370. The van der Waals surface area contributed by atoms with Crippen LogP contribution in [0.3, 0.4) is 0 Å². The second-order valence-electron chi connectivity index (χ2n) is 9.37. The Labute approximate surface area is 218 Å². The summed E-state index contributed by atoms with van der Waals surface area (Å²) in [5.41, 5.74) is 2.63. The monoisotopic (exact) mass is 528 g/mol. The van der Waals surface area contributed by atoms with Crippen molar-refractivity contribution in [3.63, 3.8) is 0 Å². The van der Waals surface area contributed by atoms with Gasteiger partial charge in [0, 0.05) is 48.0 Å². The molecular weight excluding hydrogens is 499 g/mol. The van der Waals surface area contributed by atoms with Gasteiger partial charge in [0.05, 0.1) is 36.6 Å². The topological polar surface area (TPSA) is 110 Å². The Kier molecular flexibility index (Phi) is 7.59. The van der Waals surface area contributed by atoms with Crippen LogP contribution in [0.4, 0.5) is 10.2 Å². The molecule has 0 spiro atoms. The van der Waals surface area contributed by atoms with Gasteiger partial charge in [-0.2, -0.15) is 10.2 Å². The van der Waals surface area contributed by atoms with Gasteiger partial charge in [-0.15, -0.1) is 0 Å². The first-order chi connectivity index (χ1) is 17.9. The predicted molar refractivity (Wildman–Crippen MR) is 139 cm³/mol. The van der Waals surface area contributed by atoms with Crippen molar-refractivity contribution < 1.29 is 19.3 Å². The molecule has 1 aromatic carbocycles. The summed E-state index contributed by atoms with van der Waals surface area (Å²) in [6.07, 6.45) is 8.27. The van der Waals surface area contributed by atoms with Crippen LogP contribution in [-0.2, 0) is 6.54 Å². The van der Waals surface area contributed by atoms with Crippen molar-refractivity contribution >= 4 is 28.3 Å². The largest absolute Gasteiger partial charge is 0.487 e. The zero-order valence-electron chi connectivity index (χ0n) is 20.5. The van der Waals surface area contributed by atoms with Gasteiger partial charge in [-0.1, -0.05) is 11.6 Å². The number of hydrogen-bond acceptors (Lipinski definition) is 7. The number of nitrogens with one attached hydrogen (secondary N) is 1. The molecule has 3 aromatic heterocycles. The number of aliphatic hydroxyl groups is 2. The summed E-state index contributed by atoms with van der Waals surface area (Å²) in [7, 11) is 1.83. The number of fused-ring (bicyclic) bond motifs is 1. The molecule has 5 rings (SSSR count). The number of anilines is 1. The lowest BCUT2D eigenvalue weighted by atomic mass is 9.93. The van der Waals surface area contributed by atoms with Gasteiger partial charge in [-0.25, -0.2) is 9.37 Å². The third-order valence-corrected chi connectivity index (χ3v) is 7.07. The first kappa shape index (κ1) is 25.4. The van der Waals surface area contributed by atoms with E-state index in [9.17, 15) is 9.50 Å². The molecule has 0 amide bonds. The van der Waals surface area contributed by atoms with Gasteiger partial charge in [-0.05, 0) is 50.3 Å². The van der Waals surface area contributed by atoms with E-state index in [0.29, 0.717) is 18.0 Å². The minimum atomic E-state index is -0.771. The molecule has 1 atom stereocenters. The number of aliphatic hydroxyl groups excluding tert-OH is 2. The summed E-state index contributed by atoms with van der Waals surface area (Å²) in [6, 6.07) is 6.64. The van der Waals surface area contributed by atoms with Crippen molar-refractivity contribution in [2.45, 2.75) is 56.9 Å². The van der Waals surface area contributed by atoms with E-state index in [0.717, 1.165) is 53.7 Å². The molecule has 1 aliphatic carbocycles. The third kappa shape index (κ3) is 5.56. The molecule has 1 saturated carbocycles. The molecule has 196 valence electrons. The fourth-order valence-corrected chi connectivity index (χ4v) is 4.96. The lowest BCUT2D eigenvalue weighted by molar-refractivity contribution is 0.0838. The van der Waals surface area contributed by atoms with Gasteiger partial charge in [-0.3, -0.25) is 9.36 Å². The average molecular weight is 529 g/mol. The third-order valence-electron chi connectivity index (χ3n) is 6.83. The van der Waals surface area contributed by atoms with Crippen molar-refractivity contribution in [1.29, 1.82) is 0 Å². The standard InChI is InChI=1S/C26H30ClFN6O3/c1-29-25-11-23-21(13-30-25)26(16-12-31-33(14-16)9-8-19(36)15-35)32-34(23)18-3-5-20(6-4-18)37-24-7-2-17(27)10-22(24)28/h2,7,10-14,18-20,35-36H,3-6,8-9,15H2,1H3,(H,29,30)/t18?,19-,20?/m1/s1. The maximum absolute atomic E-state index is 14.2. The summed E-state index contributed by atoms with van der Waals surface area (Å²) in [6.45, 7) is 0.214. The smallest absolute Gasteiger partial charge is 0.166 e. The van der Waals surface area contributed by atoms with Crippen molar-refractivity contribution in [1.82, 2.24) is 24.5 Å². The number of aryl methyl sites for hydroxylation is 1. The Balaban J connectivity index is 1.36. The second kappa shape index (κ2) is 11.0. The quantitative estimate of drug-likeness (QED) is 0.294. The molecule has 9 nitrogen and oxygen atoms in total. The number of hydrogen-bond donors (Lipinski definition) is 3. The van der Waals surface area contributed by atoms with Gasteiger partial charge < -0.3 is 20.3 Å². The maximum atomic E-state index is 14.2. The summed E-state index contributed by atoms with van der Waals surface area (Å²) in [5.74, 6) is 0.535. The molecule has 3 N–H and O–H groups in total. The number of rotatable bonds is 9. The van der Waals surface area contributed by atoms with Crippen LogP contribution in [0.25, 0.3) is 22.2 Å². The first-order valence-electron chi connectivity index (χ1n) is 12.4. The minimum Gasteiger partial charge on any atom is -0.487 e. The Morgan fingerprint density at radius 2 is 2.03 bits per heavy atom. The highest BCUT2D eigenvalue weighted by Crippen LogP contribution is 2.37. The van der Waals surface area contributed by atoms with Crippen LogP contribution in [0.15, 0.2) is 42.9 Å². The van der Waals surface area contributed by atoms with Gasteiger partial charge in [0.1, 0.15) is 11.5 Å². The zero-order valence-corrected chi connectivity index (χ0v) is 21.3. The van der Waals surface area contributed by atoms with Crippen LogP contribution >= 0.6 is 11.6 Å². The van der Waals surface area contributed by atoms with E-state index in [2.05, 4.69) is 20.1 Å². The van der Waals surface area contributed by atoms with Crippen LogP contribution < -0.4 is 10.1 Å². The maximum Gasteiger partial charge on any atom is 0.166 e. The van der Waals surface area contributed by atoms with Crippen LogP contribution in [0, 0.1) is 5.82 Å². The van der Waals surface area contributed by atoms with Gasteiger partial charge >= 0.3 is 0 Å². The predicted octanol–water partition coefficient (Wildman–Crippen LogP) is 4.44. The normalized spacial score (nSPS) is 18.7. The minimum absolute atomic E-state index is 0.0738. The highest BCUT2D eigenvalue weighted by Gasteiger charge is 2.27. The van der Waals surface area contributed by atoms with E-state index in [1.807, 2.05) is 25.5 Å². The number of aromatic nitrogens is 5. The van der Waals surface area contributed by atoms with E-state index in [1.165, 1.54) is 6.07 Å². The molecule has 1 aliphatic rings. The molecule has 1 fully saturated rings. The molecule has 4 aromatic rings. The van der Waals surface area contributed by atoms with Crippen molar-refractivity contribution in [3.05, 3.63) is 53.7 Å². The van der Waals surface area contributed by atoms with Gasteiger partial charge in [0.2, 0.25) is 0 Å². The summed E-state index contributed by atoms with van der Waals surface area (Å²) < 4.78 is 24.0. The molecule has 0 bridgehead atoms. The molecular formula is C26H30ClFN6O3. The molecule has 11 heteroatoms. The number of nitrogens with zero attached hydrogens (tertiary/aromatic N) is 5. The van der Waals surface area contributed by atoms with Crippen molar-refractivity contribution in [2.24, 2.45) is 0 Å². The number of pyridine rings is 1. The fraction of sp³-hybridized carbons (Fsp3) is 0.423. The SMILES string of the molecule is CNc1cc2c(cn1)c(-c1cnn(CC[C@@H](O)CO)c1)nn2C1CCC(Oc2ccc(Cl)cc2F)CC1. The number of ether oxygens (including phenoxy) is 1. The summed E-state index contributed by atoms with van der Waals surface area (Å²) in [5, 5.41) is 32.5. The highest BCUT2D eigenvalue weighted by atomic mass is 35.5. The van der Waals surface area contributed by atoms with E-state index in [1.54, 1.807) is 23.0 Å². The summed E-state index contributed by atoms with van der Waals surface area (Å²) in [4.78, 5) is 4.50. The van der Waals surface area contributed by atoms with E-state index in [-0.39, 0.29) is 24.5 Å². The molecule has 0 saturated heterocycles. The molecule has 0 aliphatic heterocycles. The van der Waals surface area contributed by atoms with E-state index in [4.69, 9.17) is 26.5 Å². The van der Waals surface area contributed by atoms with Crippen LogP contribution in [-0.4, -0.2) is 60.6 Å². The van der Waals surface area contributed by atoms with Crippen LogP contribution in [0.1, 0.15) is 38.1 Å². The van der Waals surface area contributed by atoms with Crippen LogP contribution in [0.2, 0.25) is 5.02 Å². The first-order valence-corrected chi connectivity index (χ1v) is 12.8. The molecule has 0 radical (unpaired) electrons. The van der Waals surface area contributed by atoms with Crippen LogP contribution in [0.5, 0.6) is 5.75 Å². The Morgan fingerprint density at radius 1 is 1.22 bits per heavy atom. The fourth-order valence-electron chi connectivity index (χ4n) is 4.80. The van der Waals surface area contributed by atoms with E-state index >= 15 is 0 Å². The average Bonchev–Trinajstić information content (AvgIpc) is 3.53. The Morgan fingerprint density at radius 3 is 2.76 bits per heavy atom. The lowest BCUT2D eigenvalue weighted by Gasteiger charge is -2.29. The number of benzene rings is 1. The molecule has 37 heavy (non-hydrogen) atoms. The van der Waals surface area contributed by atoms with Crippen molar-refractivity contribution in [3.8, 4) is 17.0 Å². The molecule has 3 heterocycles. The van der Waals surface area contributed by atoms with Gasteiger partial charge in [0.15, 0.2) is 11.6 Å². The number of halogens is 2. The Hall–Kier alpha value is -3.21. The molecule has 0 unspecified atom stereocenters. The van der Waals surface area contributed by atoms with E-state index < -0.39 is 11.9 Å². The lowest BCUT2D eigenvalue weighted by Crippen LogP contribution is -2.26. The highest BCUT2D eigenvalue weighted by molar-refractivity contribution is 6.30. The zero-order chi connectivity index (χ0) is 25.9. The van der Waals surface area contributed by atoms with Crippen molar-refractivity contribution in [2.75, 3.05) is 19.0 Å². The van der Waals surface area contributed by atoms with Gasteiger partial charge in [0.25, 0.3) is 0 Å². The second-order valence-corrected chi connectivity index (χ2v) is 9.81. The summed E-state index contributed by atoms with van der Waals surface area (Å²) >= 11 is 5.86.